The number of ether oxygens (including phenoxy) is 1. The van der Waals surface area contributed by atoms with Gasteiger partial charge in [0.2, 0.25) is 11.9 Å². The molecule has 2 aliphatic heterocycles. The lowest BCUT2D eigenvalue weighted by Crippen LogP contribution is -2.38. The van der Waals surface area contributed by atoms with Crippen molar-refractivity contribution in [3.8, 4) is 5.69 Å². The number of carbonyl (C=O) groups is 1. The third kappa shape index (κ3) is 3.96. The highest BCUT2D eigenvalue weighted by molar-refractivity contribution is 7.99. The first-order valence-corrected chi connectivity index (χ1v) is 10.5. The van der Waals surface area contributed by atoms with E-state index >= 15 is 0 Å². The Morgan fingerprint density at radius 2 is 1.85 bits per heavy atom. The maximum absolute atomic E-state index is 12.5. The number of hydrogen-bond acceptors (Lipinski definition) is 6. The molecule has 0 atom stereocenters. The van der Waals surface area contributed by atoms with E-state index in [0.717, 1.165) is 61.4 Å². The molecule has 2 saturated heterocycles. The van der Waals surface area contributed by atoms with Gasteiger partial charge in [-0.25, -0.2) is 0 Å². The summed E-state index contributed by atoms with van der Waals surface area (Å²) in [5, 5.41) is 9.66. The van der Waals surface area contributed by atoms with Crippen molar-refractivity contribution in [2.24, 2.45) is 0 Å². The fourth-order valence-electron chi connectivity index (χ4n) is 3.53. The van der Waals surface area contributed by atoms with Crippen molar-refractivity contribution in [2.45, 2.75) is 24.9 Å². The van der Waals surface area contributed by atoms with Gasteiger partial charge in [0, 0.05) is 26.2 Å². The standard InChI is InChI=1S/C19H25N5O2S/c1-15-6-2-3-7-16(15)24-18(23-10-12-26-13-11-23)20-21-19(24)27-14-17(25)22-8-4-5-9-22/h2-3,6-7H,4-5,8-14H2,1H3. The molecule has 4 rings (SSSR count). The molecular formula is C19H25N5O2S. The molecule has 2 fully saturated rings. The Bertz CT molecular complexity index is 797. The van der Waals surface area contributed by atoms with E-state index in [1.807, 2.05) is 17.0 Å². The fourth-order valence-corrected chi connectivity index (χ4v) is 4.38. The second kappa shape index (κ2) is 8.31. The van der Waals surface area contributed by atoms with Gasteiger partial charge in [-0.3, -0.25) is 9.36 Å². The Morgan fingerprint density at radius 3 is 2.59 bits per heavy atom. The van der Waals surface area contributed by atoms with E-state index in [1.54, 1.807) is 0 Å². The SMILES string of the molecule is Cc1ccccc1-n1c(SCC(=O)N2CCCC2)nnc1N1CCOCC1. The third-order valence-electron chi connectivity index (χ3n) is 5.05. The molecule has 8 heteroatoms. The molecular weight excluding hydrogens is 362 g/mol. The minimum absolute atomic E-state index is 0.185. The number of benzene rings is 1. The Kier molecular flexibility index (Phi) is 5.63. The summed E-state index contributed by atoms with van der Waals surface area (Å²) in [7, 11) is 0. The summed E-state index contributed by atoms with van der Waals surface area (Å²) in [5.74, 6) is 1.40. The maximum Gasteiger partial charge on any atom is 0.233 e. The van der Waals surface area contributed by atoms with E-state index in [-0.39, 0.29) is 5.91 Å². The molecule has 3 heterocycles. The van der Waals surface area contributed by atoms with E-state index in [9.17, 15) is 4.79 Å². The lowest BCUT2D eigenvalue weighted by atomic mass is 10.2. The molecule has 1 aromatic carbocycles. The molecule has 0 aliphatic carbocycles. The van der Waals surface area contributed by atoms with Gasteiger partial charge >= 0.3 is 0 Å². The Balaban J connectivity index is 1.61. The number of likely N-dealkylation sites (tertiary alicyclic amines) is 1. The number of hydrogen-bond donors (Lipinski definition) is 0. The van der Waals surface area contributed by atoms with Crippen molar-refractivity contribution in [3.63, 3.8) is 0 Å². The molecule has 2 aliphatic rings. The zero-order chi connectivity index (χ0) is 18.6. The number of anilines is 1. The summed E-state index contributed by atoms with van der Waals surface area (Å²) in [6.45, 7) is 6.81. The van der Waals surface area contributed by atoms with Crippen LogP contribution >= 0.6 is 11.8 Å². The van der Waals surface area contributed by atoms with Crippen LogP contribution in [0.25, 0.3) is 5.69 Å². The predicted octanol–water partition coefficient (Wildman–Crippen LogP) is 2.13. The number of nitrogens with zero attached hydrogens (tertiary/aromatic N) is 5. The Morgan fingerprint density at radius 1 is 1.11 bits per heavy atom. The van der Waals surface area contributed by atoms with Gasteiger partial charge in [-0.05, 0) is 31.4 Å². The molecule has 0 unspecified atom stereocenters. The normalized spacial score (nSPS) is 17.5. The maximum atomic E-state index is 12.5. The monoisotopic (exact) mass is 387 g/mol. The van der Waals surface area contributed by atoms with Gasteiger partial charge in [0.05, 0.1) is 24.7 Å². The van der Waals surface area contributed by atoms with Crippen LogP contribution in [0.3, 0.4) is 0 Å². The van der Waals surface area contributed by atoms with Crippen LogP contribution in [0, 0.1) is 6.92 Å². The highest BCUT2D eigenvalue weighted by atomic mass is 32.2. The van der Waals surface area contributed by atoms with Crippen molar-refractivity contribution in [2.75, 3.05) is 50.0 Å². The second-order valence-electron chi connectivity index (χ2n) is 6.88. The number of morpholine rings is 1. The van der Waals surface area contributed by atoms with Gasteiger partial charge < -0.3 is 14.5 Å². The first-order chi connectivity index (χ1) is 13.2. The van der Waals surface area contributed by atoms with Gasteiger partial charge in [-0.2, -0.15) is 0 Å². The van der Waals surface area contributed by atoms with Crippen LogP contribution in [0.5, 0.6) is 0 Å². The zero-order valence-electron chi connectivity index (χ0n) is 15.6. The van der Waals surface area contributed by atoms with Gasteiger partial charge in [0.25, 0.3) is 0 Å². The lowest BCUT2D eigenvalue weighted by Gasteiger charge is -2.28. The van der Waals surface area contributed by atoms with Crippen molar-refractivity contribution < 1.29 is 9.53 Å². The third-order valence-corrected chi connectivity index (χ3v) is 5.96. The molecule has 0 N–H and O–H groups in total. The molecule has 1 amide bonds. The second-order valence-corrected chi connectivity index (χ2v) is 7.82. The number of amides is 1. The van der Waals surface area contributed by atoms with E-state index in [4.69, 9.17) is 4.74 Å². The Hall–Kier alpha value is -2.06. The summed E-state index contributed by atoms with van der Waals surface area (Å²) < 4.78 is 7.56. The van der Waals surface area contributed by atoms with Crippen LogP contribution in [-0.2, 0) is 9.53 Å². The van der Waals surface area contributed by atoms with Gasteiger partial charge in [-0.1, -0.05) is 30.0 Å². The molecule has 2 aromatic rings. The summed E-state index contributed by atoms with van der Waals surface area (Å²) in [6.07, 6.45) is 2.22. The smallest absolute Gasteiger partial charge is 0.233 e. The average Bonchev–Trinajstić information content (AvgIpc) is 3.37. The molecule has 1 aromatic heterocycles. The van der Waals surface area contributed by atoms with Crippen molar-refractivity contribution in [1.29, 1.82) is 0 Å². The van der Waals surface area contributed by atoms with Gasteiger partial charge in [0.15, 0.2) is 5.16 Å². The summed E-state index contributed by atoms with van der Waals surface area (Å²) >= 11 is 1.47. The summed E-state index contributed by atoms with van der Waals surface area (Å²) in [6, 6.07) is 8.22. The predicted molar refractivity (Wildman–Crippen MR) is 106 cm³/mol. The molecule has 144 valence electrons. The largest absolute Gasteiger partial charge is 0.378 e. The van der Waals surface area contributed by atoms with Crippen LogP contribution in [0.2, 0.25) is 0 Å². The average molecular weight is 388 g/mol. The number of rotatable bonds is 5. The summed E-state index contributed by atoms with van der Waals surface area (Å²) in [5.41, 5.74) is 2.21. The number of aryl methyl sites for hydroxylation is 1. The van der Waals surface area contributed by atoms with Crippen LogP contribution in [-0.4, -0.2) is 70.7 Å². The van der Waals surface area contributed by atoms with Crippen molar-refractivity contribution in [3.05, 3.63) is 29.8 Å². The highest BCUT2D eigenvalue weighted by Gasteiger charge is 2.24. The first-order valence-electron chi connectivity index (χ1n) is 9.49. The van der Waals surface area contributed by atoms with Crippen LogP contribution in [0.1, 0.15) is 18.4 Å². The fraction of sp³-hybridized carbons (Fsp3) is 0.526. The molecule has 0 bridgehead atoms. The lowest BCUT2D eigenvalue weighted by molar-refractivity contribution is -0.127. The van der Waals surface area contributed by atoms with E-state index in [0.29, 0.717) is 19.0 Å². The Labute approximate surface area is 163 Å². The van der Waals surface area contributed by atoms with Gasteiger partial charge in [0.1, 0.15) is 0 Å². The van der Waals surface area contributed by atoms with Crippen molar-refractivity contribution >= 4 is 23.6 Å². The number of aromatic nitrogens is 3. The topological polar surface area (TPSA) is 63.5 Å². The minimum atomic E-state index is 0.185. The van der Waals surface area contributed by atoms with Crippen LogP contribution in [0.15, 0.2) is 29.4 Å². The number of carbonyl (C=O) groups excluding carboxylic acids is 1. The van der Waals surface area contributed by atoms with Crippen LogP contribution < -0.4 is 4.90 Å². The summed E-state index contributed by atoms with van der Waals surface area (Å²) in [4.78, 5) is 16.6. The molecule has 0 saturated carbocycles. The van der Waals surface area contributed by atoms with E-state index in [1.165, 1.54) is 11.8 Å². The van der Waals surface area contributed by atoms with E-state index in [2.05, 4.69) is 38.7 Å². The van der Waals surface area contributed by atoms with Crippen LogP contribution in [0.4, 0.5) is 5.95 Å². The zero-order valence-corrected chi connectivity index (χ0v) is 16.5. The quantitative estimate of drug-likeness (QED) is 0.733. The number of para-hydroxylation sites is 1. The van der Waals surface area contributed by atoms with Gasteiger partial charge in [-0.15, -0.1) is 10.2 Å². The molecule has 0 spiro atoms. The molecule has 27 heavy (non-hydrogen) atoms. The highest BCUT2D eigenvalue weighted by Crippen LogP contribution is 2.29. The molecule has 0 radical (unpaired) electrons. The first kappa shape index (κ1) is 18.3. The number of thioether (sulfide) groups is 1. The molecule has 7 nitrogen and oxygen atoms in total. The van der Waals surface area contributed by atoms with E-state index < -0.39 is 0 Å². The minimum Gasteiger partial charge on any atom is -0.378 e. The van der Waals surface area contributed by atoms with Crippen molar-refractivity contribution in [1.82, 2.24) is 19.7 Å².